The molecule has 32 heavy (non-hydrogen) atoms. The smallest absolute Gasteiger partial charge is 0.223 e. The summed E-state index contributed by atoms with van der Waals surface area (Å²) in [5, 5.41) is 3.34. The largest absolute Gasteiger partial charge is 0.493 e. The quantitative estimate of drug-likeness (QED) is 0.717. The molecule has 3 fully saturated rings. The molecule has 0 radical (unpaired) electrons. The molecule has 1 amide bonds. The van der Waals surface area contributed by atoms with Crippen LogP contribution in [0.2, 0.25) is 0 Å². The van der Waals surface area contributed by atoms with Gasteiger partial charge in [0.15, 0.2) is 0 Å². The minimum Gasteiger partial charge on any atom is -0.493 e. The van der Waals surface area contributed by atoms with Crippen LogP contribution in [0.1, 0.15) is 74.8 Å². The van der Waals surface area contributed by atoms with Gasteiger partial charge in [-0.25, -0.2) is 0 Å². The lowest BCUT2D eigenvalue weighted by atomic mass is 9.83. The third-order valence-electron chi connectivity index (χ3n) is 8.45. The van der Waals surface area contributed by atoms with Crippen molar-refractivity contribution in [1.82, 2.24) is 10.2 Å². The van der Waals surface area contributed by atoms with Crippen molar-refractivity contribution in [2.75, 3.05) is 39.5 Å². The van der Waals surface area contributed by atoms with Gasteiger partial charge in [-0.05, 0) is 101 Å². The zero-order valence-corrected chi connectivity index (χ0v) is 19.5. The standard InChI is InChI=1S/C27H40N2O3/c30-27(22-11-17-31-18-12-22)28-23-6-4-20(5-7-23)8-14-29-15-9-21(10-16-29)24-2-1-3-26-25(24)13-19-32-26/h1-3,20-23H,4-19H2,(H,28,30). The number of piperidine rings is 1. The minimum absolute atomic E-state index is 0.175. The number of nitrogens with one attached hydrogen (secondary N) is 1. The summed E-state index contributed by atoms with van der Waals surface area (Å²) in [7, 11) is 0. The molecule has 0 bridgehead atoms. The van der Waals surface area contributed by atoms with E-state index in [1.807, 2.05) is 0 Å². The molecule has 0 spiro atoms. The Labute approximate surface area is 193 Å². The van der Waals surface area contributed by atoms with Crippen molar-refractivity contribution in [2.24, 2.45) is 11.8 Å². The van der Waals surface area contributed by atoms with Crippen LogP contribution >= 0.6 is 0 Å². The highest BCUT2D eigenvalue weighted by atomic mass is 16.5. The predicted molar refractivity (Wildman–Crippen MR) is 126 cm³/mol. The summed E-state index contributed by atoms with van der Waals surface area (Å²) in [5.41, 5.74) is 3.03. The van der Waals surface area contributed by atoms with Crippen molar-refractivity contribution in [1.29, 1.82) is 0 Å². The molecule has 2 saturated heterocycles. The monoisotopic (exact) mass is 440 g/mol. The van der Waals surface area contributed by atoms with Gasteiger partial charge in [-0.2, -0.15) is 0 Å². The number of hydrogen-bond acceptors (Lipinski definition) is 4. The van der Waals surface area contributed by atoms with Gasteiger partial charge >= 0.3 is 0 Å². The molecule has 5 nitrogen and oxygen atoms in total. The van der Waals surface area contributed by atoms with E-state index in [0.29, 0.717) is 12.0 Å². The average Bonchev–Trinajstić information content (AvgIpc) is 3.34. The summed E-state index contributed by atoms with van der Waals surface area (Å²) in [4.78, 5) is 15.2. The number of amides is 1. The molecule has 5 rings (SSSR count). The molecular formula is C27H40N2O3. The lowest BCUT2D eigenvalue weighted by Gasteiger charge is -2.35. The zero-order valence-electron chi connectivity index (χ0n) is 19.5. The Kier molecular flexibility index (Phi) is 7.33. The maximum atomic E-state index is 12.5. The van der Waals surface area contributed by atoms with Crippen LogP contribution in [0, 0.1) is 11.8 Å². The van der Waals surface area contributed by atoms with Gasteiger partial charge in [0.05, 0.1) is 6.61 Å². The van der Waals surface area contributed by atoms with Gasteiger partial charge < -0.3 is 19.7 Å². The van der Waals surface area contributed by atoms with Crippen molar-refractivity contribution in [3.05, 3.63) is 29.3 Å². The first kappa shape index (κ1) is 22.2. The third-order valence-corrected chi connectivity index (χ3v) is 8.45. The van der Waals surface area contributed by atoms with Crippen LogP contribution in [-0.2, 0) is 16.0 Å². The van der Waals surface area contributed by atoms with Gasteiger partial charge in [-0.1, -0.05) is 12.1 Å². The number of fused-ring (bicyclic) bond motifs is 1. The van der Waals surface area contributed by atoms with E-state index in [1.165, 1.54) is 57.3 Å². The molecule has 3 aliphatic heterocycles. The molecule has 1 aromatic carbocycles. The fraction of sp³-hybridized carbons (Fsp3) is 0.741. The fourth-order valence-electron chi connectivity index (χ4n) is 6.34. The van der Waals surface area contributed by atoms with E-state index in [-0.39, 0.29) is 11.8 Å². The summed E-state index contributed by atoms with van der Waals surface area (Å²) >= 11 is 0. The Morgan fingerprint density at radius 2 is 1.75 bits per heavy atom. The molecule has 4 aliphatic rings. The average molecular weight is 441 g/mol. The molecule has 176 valence electrons. The highest BCUT2D eigenvalue weighted by Crippen LogP contribution is 2.37. The summed E-state index contributed by atoms with van der Waals surface area (Å²) < 4.78 is 11.2. The van der Waals surface area contributed by atoms with Crippen LogP contribution in [0.15, 0.2) is 18.2 Å². The molecular weight excluding hydrogens is 400 g/mol. The molecule has 1 N–H and O–H groups in total. The van der Waals surface area contributed by atoms with Crippen molar-refractivity contribution >= 4 is 5.91 Å². The minimum atomic E-state index is 0.175. The van der Waals surface area contributed by atoms with Crippen LogP contribution in [0.25, 0.3) is 0 Å². The second-order valence-corrected chi connectivity index (χ2v) is 10.4. The van der Waals surface area contributed by atoms with Gasteiger partial charge in [0.1, 0.15) is 5.75 Å². The number of rotatable bonds is 6. The van der Waals surface area contributed by atoms with E-state index in [9.17, 15) is 4.79 Å². The number of benzene rings is 1. The van der Waals surface area contributed by atoms with E-state index in [1.54, 1.807) is 5.56 Å². The van der Waals surface area contributed by atoms with Gasteiger partial charge in [0.2, 0.25) is 5.91 Å². The van der Waals surface area contributed by atoms with E-state index < -0.39 is 0 Å². The summed E-state index contributed by atoms with van der Waals surface area (Å²) in [6.45, 7) is 6.03. The Bertz CT molecular complexity index is 760. The highest BCUT2D eigenvalue weighted by molar-refractivity contribution is 5.79. The van der Waals surface area contributed by atoms with E-state index in [2.05, 4.69) is 28.4 Å². The second kappa shape index (κ2) is 10.6. The van der Waals surface area contributed by atoms with Crippen molar-refractivity contribution in [3.8, 4) is 5.75 Å². The van der Waals surface area contributed by atoms with Gasteiger partial charge in [0.25, 0.3) is 0 Å². The van der Waals surface area contributed by atoms with Crippen molar-refractivity contribution in [3.63, 3.8) is 0 Å². The Morgan fingerprint density at radius 3 is 2.53 bits per heavy atom. The Morgan fingerprint density at radius 1 is 0.969 bits per heavy atom. The van der Waals surface area contributed by atoms with Crippen LogP contribution in [-0.4, -0.2) is 56.3 Å². The predicted octanol–water partition coefficient (Wildman–Crippen LogP) is 4.29. The number of likely N-dealkylation sites (tertiary alicyclic amines) is 1. The first-order valence-corrected chi connectivity index (χ1v) is 13.1. The van der Waals surface area contributed by atoms with Crippen LogP contribution in [0.5, 0.6) is 5.75 Å². The van der Waals surface area contributed by atoms with Crippen LogP contribution < -0.4 is 10.1 Å². The fourth-order valence-corrected chi connectivity index (χ4v) is 6.34. The zero-order chi connectivity index (χ0) is 21.8. The lowest BCUT2D eigenvalue weighted by Crippen LogP contribution is -2.42. The maximum Gasteiger partial charge on any atom is 0.223 e. The number of carbonyl (C=O) groups excluding carboxylic acids is 1. The van der Waals surface area contributed by atoms with E-state index >= 15 is 0 Å². The van der Waals surface area contributed by atoms with Gasteiger partial charge in [-0.15, -0.1) is 0 Å². The molecule has 1 aliphatic carbocycles. The Hall–Kier alpha value is -1.59. The molecule has 5 heteroatoms. The summed E-state index contributed by atoms with van der Waals surface area (Å²) in [5.74, 6) is 3.12. The van der Waals surface area contributed by atoms with Gasteiger partial charge in [-0.3, -0.25) is 4.79 Å². The summed E-state index contributed by atoms with van der Waals surface area (Å²) in [6, 6.07) is 7.04. The molecule has 0 unspecified atom stereocenters. The first-order valence-electron chi connectivity index (χ1n) is 13.1. The second-order valence-electron chi connectivity index (χ2n) is 10.4. The molecule has 0 atom stereocenters. The number of hydrogen-bond donors (Lipinski definition) is 1. The number of nitrogens with zero attached hydrogens (tertiary/aromatic N) is 1. The number of ether oxygens (including phenoxy) is 2. The Balaban J connectivity index is 1.00. The van der Waals surface area contributed by atoms with E-state index in [4.69, 9.17) is 9.47 Å². The van der Waals surface area contributed by atoms with Crippen LogP contribution in [0.3, 0.4) is 0 Å². The third kappa shape index (κ3) is 5.31. The van der Waals surface area contributed by atoms with E-state index in [0.717, 1.165) is 63.6 Å². The van der Waals surface area contributed by atoms with Gasteiger partial charge in [0, 0.05) is 37.2 Å². The molecule has 0 aromatic heterocycles. The lowest BCUT2D eigenvalue weighted by molar-refractivity contribution is -0.128. The normalized spacial score (nSPS) is 27.6. The van der Waals surface area contributed by atoms with Crippen LogP contribution in [0.4, 0.5) is 0 Å². The van der Waals surface area contributed by atoms with Crippen molar-refractivity contribution in [2.45, 2.75) is 76.2 Å². The SMILES string of the molecule is O=C(NC1CCC(CCN2CCC(c3cccc4c3CCO4)CC2)CC1)C1CCOCC1. The first-order chi connectivity index (χ1) is 15.8. The number of carbonyl (C=O) groups is 1. The van der Waals surface area contributed by atoms with Crippen molar-refractivity contribution < 1.29 is 14.3 Å². The molecule has 1 saturated carbocycles. The topological polar surface area (TPSA) is 50.8 Å². The summed E-state index contributed by atoms with van der Waals surface area (Å²) in [6.07, 6.45) is 11.6. The maximum absolute atomic E-state index is 12.5. The highest BCUT2D eigenvalue weighted by Gasteiger charge is 2.28. The molecule has 3 heterocycles. The molecule has 1 aromatic rings.